The third-order valence-electron chi connectivity index (χ3n) is 4.94. The Labute approximate surface area is 123 Å². The van der Waals surface area contributed by atoms with Crippen LogP contribution in [0.4, 0.5) is 0 Å². The first kappa shape index (κ1) is 12.7. The lowest BCUT2D eigenvalue weighted by Gasteiger charge is -2.51. The molecule has 0 radical (unpaired) electrons. The second-order valence-electron chi connectivity index (χ2n) is 6.21. The molecule has 108 valence electrons. The molecule has 1 unspecified atom stereocenters. The first-order chi connectivity index (χ1) is 9.99. The van der Waals surface area contributed by atoms with E-state index in [1.54, 1.807) is 7.05 Å². The van der Waals surface area contributed by atoms with Crippen LogP contribution < -0.4 is 0 Å². The normalized spacial score (nSPS) is 26.1. The van der Waals surface area contributed by atoms with Crippen molar-refractivity contribution in [2.75, 3.05) is 13.6 Å². The standard InChI is InChI=1S/C17H17NO3/c1-18(21)8-7-10-3-2-4-12-15(10)13(18)9-11-5-6-14(19)17(20)16(11)12/h2-6,13,19-20H,7-9H2,1H3/t13-,18?/m1/s1. The van der Waals surface area contributed by atoms with Gasteiger partial charge in [0.1, 0.15) is 6.04 Å². The summed E-state index contributed by atoms with van der Waals surface area (Å²) < 4.78 is -0.273. The van der Waals surface area contributed by atoms with Crippen LogP contribution >= 0.6 is 0 Å². The number of benzene rings is 2. The lowest BCUT2D eigenvalue weighted by atomic mass is 9.76. The summed E-state index contributed by atoms with van der Waals surface area (Å²) in [4.78, 5) is 0. The fourth-order valence-electron chi connectivity index (χ4n) is 3.81. The van der Waals surface area contributed by atoms with Crippen LogP contribution in [0, 0.1) is 5.21 Å². The summed E-state index contributed by atoms with van der Waals surface area (Å²) in [6.45, 7) is 0.584. The van der Waals surface area contributed by atoms with Gasteiger partial charge in [0, 0.05) is 24.0 Å². The van der Waals surface area contributed by atoms with E-state index in [2.05, 4.69) is 6.07 Å². The molecule has 2 aliphatic rings. The molecular formula is C17H17NO3. The van der Waals surface area contributed by atoms with E-state index in [0.717, 1.165) is 23.1 Å². The molecule has 4 rings (SSSR count). The Morgan fingerprint density at radius 1 is 1.14 bits per heavy atom. The van der Waals surface area contributed by atoms with Gasteiger partial charge < -0.3 is 20.1 Å². The number of quaternary nitrogens is 1. The maximum atomic E-state index is 12.8. The van der Waals surface area contributed by atoms with Gasteiger partial charge in [0.05, 0.1) is 13.6 Å². The van der Waals surface area contributed by atoms with Crippen LogP contribution in [0.2, 0.25) is 0 Å². The Kier molecular flexibility index (Phi) is 2.41. The van der Waals surface area contributed by atoms with Crippen molar-refractivity contribution >= 4 is 0 Å². The summed E-state index contributed by atoms with van der Waals surface area (Å²) in [7, 11) is 1.73. The summed E-state index contributed by atoms with van der Waals surface area (Å²) >= 11 is 0. The molecule has 1 heterocycles. The van der Waals surface area contributed by atoms with Crippen molar-refractivity contribution in [1.82, 2.24) is 0 Å². The number of rotatable bonds is 0. The summed E-state index contributed by atoms with van der Waals surface area (Å²) in [6, 6.07) is 9.16. The minimum absolute atomic E-state index is 0.0787. The fraction of sp³-hybridized carbons (Fsp3) is 0.294. The average Bonchev–Trinajstić information content (AvgIpc) is 2.46. The zero-order valence-corrected chi connectivity index (χ0v) is 11.8. The number of fused-ring (bicyclic) bond motifs is 2. The van der Waals surface area contributed by atoms with Gasteiger partial charge in [-0.3, -0.25) is 0 Å². The van der Waals surface area contributed by atoms with Gasteiger partial charge in [0.2, 0.25) is 0 Å². The maximum absolute atomic E-state index is 12.8. The highest BCUT2D eigenvalue weighted by Gasteiger charge is 2.39. The molecule has 1 aliphatic carbocycles. The quantitative estimate of drug-likeness (QED) is 0.444. The molecule has 2 aromatic carbocycles. The Balaban J connectivity index is 2.06. The Hall–Kier alpha value is -2.04. The lowest BCUT2D eigenvalue weighted by molar-refractivity contribution is -0.894. The van der Waals surface area contributed by atoms with Gasteiger partial charge in [-0.2, -0.15) is 0 Å². The van der Waals surface area contributed by atoms with Gasteiger partial charge >= 0.3 is 0 Å². The van der Waals surface area contributed by atoms with Gasteiger partial charge in [0.15, 0.2) is 11.5 Å². The second kappa shape index (κ2) is 4.00. The van der Waals surface area contributed by atoms with E-state index in [1.165, 1.54) is 11.6 Å². The molecule has 0 saturated heterocycles. The number of hydroxylamine groups is 3. The van der Waals surface area contributed by atoms with Gasteiger partial charge in [-0.05, 0) is 22.8 Å². The molecule has 0 saturated carbocycles. The molecule has 0 aromatic heterocycles. The summed E-state index contributed by atoms with van der Waals surface area (Å²) in [6.07, 6.45) is 1.36. The molecule has 4 nitrogen and oxygen atoms in total. The van der Waals surface area contributed by atoms with E-state index in [-0.39, 0.29) is 22.2 Å². The first-order valence-corrected chi connectivity index (χ1v) is 7.21. The molecule has 2 atom stereocenters. The van der Waals surface area contributed by atoms with E-state index in [4.69, 9.17) is 0 Å². The van der Waals surface area contributed by atoms with Crippen molar-refractivity contribution in [3.8, 4) is 22.6 Å². The van der Waals surface area contributed by atoms with Gasteiger partial charge in [-0.15, -0.1) is 0 Å². The van der Waals surface area contributed by atoms with Crippen LogP contribution in [-0.4, -0.2) is 28.5 Å². The molecular weight excluding hydrogens is 266 g/mol. The van der Waals surface area contributed by atoms with Crippen LogP contribution in [0.1, 0.15) is 22.7 Å². The number of nitrogens with zero attached hydrogens (tertiary/aromatic N) is 1. The number of hydrogen-bond donors (Lipinski definition) is 2. The van der Waals surface area contributed by atoms with Crippen molar-refractivity contribution in [3.63, 3.8) is 0 Å². The highest BCUT2D eigenvalue weighted by molar-refractivity contribution is 5.82. The summed E-state index contributed by atoms with van der Waals surface area (Å²) in [5, 5.41) is 32.9. The van der Waals surface area contributed by atoms with Gasteiger partial charge in [-0.25, -0.2) is 0 Å². The van der Waals surface area contributed by atoms with Crippen molar-refractivity contribution in [3.05, 3.63) is 52.2 Å². The van der Waals surface area contributed by atoms with Crippen LogP contribution in [-0.2, 0) is 12.8 Å². The Morgan fingerprint density at radius 3 is 2.76 bits per heavy atom. The van der Waals surface area contributed by atoms with Gasteiger partial charge in [-0.1, -0.05) is 24.3 Å². The van der Waals surface area contributed by atoms with Crippen molar-refractivity contribution < 1.29 is 14.9 Å². The second-order valence-corrected chi connectivity index (χ2v) is 6.21. The molecule has 2 aromatic rings. The zero-order chi connectivity index (χ0) is 14.8. The molecule has 0 amide bonds. The molecule has 0 bridgehead atoms. The highest BCUT2D eigenvalue weighted by atomic mass is 16.5. The summed E-state index contributed by atoms with van der Waals surface area (Å²) in [5.41, 5.74) is 4.76. The van der Waals surface area contributed by atoms with Crippen molar-refractivity contribution in [2.45, 2.75) is 18.9 Å². The fourth-order valence-corrected chi connectivity index (χ4v) is 3.81. The molecule has 4 heteroatoms. The lowest BCUT2D eigenvalue weighted by Crippen LogP contribution is -2.48. The zero-order valence-electron chi connectivity index (χ0n) is 11.8. The third kappa shape index (κ3) is 1.63. The number of phenols is 2. The SMILES string of the molecule is C[N+]1([O-])CCc2cccc3c2[C@H]1Cc1ccc(O)c(O)c1-3. The number of phenolic OH excluding ortho intramolecular Hbond substituents is 2. The summed E-state index contributed by atoms with van der Waals surface area (Å²) in [5.74, 6) is -0.190. The van der Waals surface area contributed by atoms with E-state index in [1.807, 2.05) is 18.2 Å². The Morgan fingerprint density at radius 2 is 1.95 bits per heavy atom. The van der Waals surface area contributed by atoms with E-state index >= 15 is 0 Å². The predicted octanol–water partition coefficient (Wildman–Crippen LogP) is 2.86. The molecule has 1 aliphatic heterocycles. The molecule has 2 N–H and O–H groups in total. The third-order valence-corrected chi connectivity index (χ3v) is 4.94. The van der Waals surface area contributed by atoms with Crippen LogP contribution in [0.15, 0.2) is 30.3 Å². The predicted molar refractivity (Wildman–Crippen MR) is 79.8 cm³/mol. The smallest absolute Gasteiger partial charge is 0.165 e. The maximum Gasteiger partial charge on any atom is 0.165 e. The minimum atomic E-state index is -0.273. The van der Waals surface area contributed by atoms with E-state index < -0.39 is 0 Å². The van der Waals surface area contributed by atoms with Gasteiger partial charge in [0.25, 0.3) is 0 Å². The van der Waals surface area contributed by atoms with Crippen LogP contribution in [0.5, 0.6) is 11.5 Å². The minimum Gasteiger partial charge on any atom is -0.633 e. The average molecular weight is 283 g/mol. The molecule has 21 heavy (non-hydrogen) atoms. The van der Waals surface area contributed by atoms with Crippen molar-refractivity contribution in [1.29, 1.82) is 0 Å². The number of aromatic hydroxyl groups is 2. The molecule has 0 fully saturated rings. The Bertz CT molecular complexity index is 752. The first-order valence-electron chi connectivity index (χ1n) is 7.21. The highest BCUT2D eigenvalue weighted by Crippen LogP contribution is 2.51. The number of likely N-dealkylation sites (N-methyl/N-ethyl adjacent to an activating group) is 1. The monoisotopic (exact) mass is 283 g/mol. The topological polar surface area (TPSA) is 63.5 Å². The largest absolute Gasteiger partial charge is 0.633 e. The van der Waals surface area contributed by atoms with E-state index in [0.29, 0.717) is 18.5 Å². The molecule has 0 spiro atoms. The number of hydrogen-bond acceptors (Lipinski definition) is 3. The van der Waals surface area contributed by atoms with E-state index in [9.17, 15) is 15.4 Å². The van der Waals surface area contributed by atoms with Crippen LogP contribution in [0.25, 0.3) is 11.1 Å². The van der Waals surface area contributed by atoms with Crippen LogP contribution in [0.3, 0.4) is 0 Å². The van der Waals surface area contributed by atoms with Crippen molar-refractivity contribution in [2.24, 2.45) is 0 Å².